The van der Waals surface area contributed by atoms with Crippen LogP contribution in [0.1, 0.15) is 42.8 Å². The van der Waals surface area contributed by atoms with Crippen molar-refractivity contribution in [1.82, 2.24) is 20.2 Å². The van der Waals surface area contributed by atoms with Gasteiger partial charge in [0.2, 0.25) is 0 Å². The number of aromatic nitrogens is 2. The van der Waals surface area contributed by atoms with Crippen LogP contribution in [0.2, 0.25) is 5.02 Å². The monoisotopic (exact) mass is 384 g/mol. The lowest BCUT2D eigenvalue weighted by Gasteiger charge is -2.23. The van der Waals surface area contributed by atoms with Gasteiger partial charge in [-0.15, -0.1) is 0 Å². The fraction of sp³-hybridized carbons (Fsp3) is 0.476. The second-order valence-electron chi connectivity index (χ2n) is 7.47. The molecule has 0 spiro atoms. The molecule has 1 aromatic carbocycles. The van der Waals surface area contributed by atoms with E-state index < -0.39 is 0 Å². The van der Waals surface area contributed by atoms with Gasteiger partial charge in [-0.2, -0.15) is 0 Å². The molecule has 0 radical (unpaired) electrons. The Morgan fingerprint density at radius 1 is 1.11 bits per heavy atom. The van der Waals surface area contributed by atoms with Crippen molar-refractivity contribution in [3.63, 3.8) is 0 Å². The van der Waals surface area contributed by atoms with E-state index >= 15 is 0 Å². The third-order valence-electron chi connectivity index (χ3n) is 5.54. The number of halogens is 1. The summed E-state index contributed by atoms with van der Waals surface area (Å²) in [7, 11) is 0. The summed E-state index contributed by atoms with van der Waals surface area (Å²) in [6.07, 6.45) is 6.17. The molecule has 0 saturated heterocycles. The van der Waals surface area contributed by atoms with Gasteiger partial charge in [0.15, 0.2) is 0 Å². The molecule has 1 aliphatic heterocycles. The van der Waals surface area contributed by atoms with Crippen LogP contribution < -0.4 is 5.32 Å². The third kappa shape index (κ3) is 4.08. The first-order chi connectivity index (χ1) is 13.1. The lowest BCUT2D eigenvalue weighted by molar-refractivity contribution is 0.196. The first kappa shape index (κ1) is 18.2. The zero-order valence-electron chi connectivity index (χ0n) is 15.7. The Balaban J connectivity index is 1.55. The number of nitrogens with zero attached hydrogens (tertiary/aromatic N) is 3. The normalized spacial score (nSPS) is 17.5. The summed E-state index contributed by atoms with van der Waals surface area (Å²) >= 11 is 6.04. The van der Waals surface area contributed by atoms with Crippen LogP contribution in [0.15, 0.2) is 24.3 Å². The smallest absolute Gasteiger partial charge is 0.317 e. The van der Waals surface area contributed by atoms with Crippen LogP contribution in [-0.2, 0) is 12.8 Å². The number of carbonyl (C=O) groups is 1. The predicted molar refractivity (Wildman–Crippen MR) is 107 cm³/mol. The van der Waals surface area contributed by atoms with E-state index in [1.54, 1.807) is 0 Å². The number of fused-ring (bicyclic) bond motifs is 1. The minimum Gasteiger partial charge on any atom is -0.335 e. The molecule has 1 N–H and O–H groups in total. The van der Waals surface area contributed by atoms with Crippen molar-refractivity contribution in [2.75, 3.05) is 13.1 Å². The second kappa shape index (κ2) is 7.85. The molecule has 2 amide bonds. The molecule has 0 atom stereocenters. The van der Waals surface area contributed by atoms with E-state index in [1.807, 2.05) is 36.1 Å². The molecule has 1 aliphatic carbocycles. The number of rotatable bonds is 2. The quantitative estimate of drug-likeness (QED) is 0.845. The van der Waals surface area contributed by atoms with Crippen molar-refractivity contribution < 1.29 is 4.79 Å². The molecule has 2 heterocycles. The molecule has 1 saturated carbocycles. The Hall–Kier alpha value is -2.14. The molecule has 1 fully saturated rings. The van der Waals surface area contributed by atoms with E-state index in [-0.39, 0.29) is 6.03 Å². The molecular formula is C21H25ClN4O. The van der Waals surface area contributed by atoms with Crippen molar-refractivity contribution >= 4 is 17.6 Å². The summed E-state index contributed by atoms with van der Waals surface area (Å²) in [5, 5.41) is 3.92. The maximum absolute atomic E-state index is 12.7. The van der Waals surface area contributed by atoms with Crippen molar-refractivity contribution in [3.8, 4) is 11.3 Å². The lowest BCUT2D eigenvalue weighted by Crippen LogP contribution is -2.45. The number of aryl methyl sites for hydroxylation is 1. The van der Waals surface area contributed by atoms with Gasteiger partial charge in [-0.25, -0.2) is 14.8 Å². The van der Waals surface area contributed by atoms with Gasteiger partial charge in [0.1, 0.15) is 5.82 Å². The van der Waals surface area contributed by atoms with Crippen molar-refractivity contribution in [2.24, 2.45) is 0 Å². The fourth-order valence-electron chi connectivity index (χ4n) is 4.11. The van der Waals surface area contributed by atoms with Gasteiger partial charge in [0, 0.05) is 47.4 Å². The van der Waals surface area contributed by atoms with Crippen molar-refractivity contribution in [2.45, 2.75) is 51.5 Å². The minimum absolute atomic E-state index is 0.0624. The Morgan fingerprint density at radius 3 is 2.56 bits per heavy atom. The van der Waals surface area contributed by atoms with E-state index in [4.69, 9.17) is 16.6 Å². The van der Waals surface area contributed by atoms with Crippen LogP contribution in [0.4, 0.5) is 4.79 Å². The third-order valence-corrected chi connectivity index (χ3v) is 5.79. The molecule has 0 bridgehead atoms. The molecule has 4 rings (SSSR count). The van der Waals surface area contributed by atoms with Crippen molar-refractivity contribution in [3.05, 3.63) is 46.4 Å². The number of hydrogen-bond donors (Lipinski definition) is 1. The van der Waals surface area contributed by atoms with Gasteiger partial charge in [0.25, 0.3) is 0 Å². The Morgan fingerprint density at radius 2 is 1.81 bits per heavy atom. The van der Waals surface area contributed by atoms with Gasteiger partial charge in [-0.05, 0) is 38.3 Å². The van der Waals surface area contributed by atoms with Crippen LogP contribution >= 0.6 is 11.6 Å². The number of carbonyl (C=O) groups excluding carboxylic acids is 1. The van der Waals surface area contributed by atoms with Gasteiger partial charge >= 0.3 is 6.03 Å². The maximum atomic E-state index is 12.7. The fourth-order valence-corrected chi connectivity index (χ4v) is 4.23. The highest BCUT2D eigenvalue weighted by Crippen LogP contribution is 2.28. The SMILES string of the molecule is Cc1nc2c(c(-c3ccc(Cl)cc3)n1)CCN(C(=O)NC1CCCC1)CC2. The second-order valence-corrected chi connectivity index (χ2v) is 7.91. The molecule has 142 valence electrons. The van der Waals surface area contributed by atoms with Crippen LogP contribution in [0, 0.1) is 6.92 Å². The summed E-state index contributed by atoms with van der Waals surface area (Å²) in [5.74, 6) is 0.766. The highest BCUT2D eigenvalue weighted by molar-refractivity contribution is 6.30. The van der Waals surface area contributed by atoms with Gasteiger partial charge in [-0.1, -0.05) is 36.6 Å². The van der Waals surface area contributed by atoms with E-state index in [0.29, 0.717) is 24.2 Å². The first-order valence-corrected chi connectivity index (χ1v) is 10.2. The number of hydrogen-bond acceptors (Lipinski definition) is 3. The number of benzene rings is 1. The summed E-state index contributed by atoms with van der Waals surface area (Å²) < 4.78 is 0. The van der Waals surface area contributed by atoms with Crippen LogP contribution in [-0.4, -0.2) is 40.0 Å². The highest BCUT2D eigenvalue weighted by Gasteiger charge is 2.25. The molecule has 6 heteroatoms. The predicted octanol–water partition coefficient (Wildman–Crippen LogP) is 4.16. The first-order valence-electron chi connectivity index (χ1n) is 9.78. The number of urea groups is 1. The zero-order chi connectivity index (χ0) is 18.8. The summed E-state index contributed by atoms with van der Waals surface area (Å²) in [5.41, 5.74) is 4.22. The maximum Gasteiger partial charge on any atom is 0.317 e. The lowest BCUT2D eigenvalue weighted by atomic mass is 10.0. The molecule has 2 aromatic rings. The molecule has 1 aromatic heterocycles. The molecule has 5 nitrogen and oxygen atoms in total. The summed E-state index contributed by atoms with van der Waals surface area (Å²) in [6.45, 7) is 3.32. The van der Waals surface area contributed by atoms with Gasteiger partial charge in [-0.3, -0.25) is 0 Å². The molecule has 2 aliphatic rings. The molecule has 27 heavy (non-hydrogen) atoms. The minimum atomic E-state index is 0.0624. The van der Waals surface area contributed by atoms with E-state index in [1.165, 1.54) is 12.8 Å². The molecule has 0 unspecified atom stereocenters. The average molecular weight is 385 g/mol. The Labute approximate surface area is 165 Å². The van der Waals surface area contributed by atoms with E-state index in [9.17, 15) is 4.79 Å². The topological polar surface area (TPSA) is 58.1 Å². The Bertz CT molecular complexity index is 831. The van der Waals surface area contributed by atoms with Gasteiger partial charge < -0.3 is 10.2 Å². The van der Waals surface area contributed by atoms with Crippen LogP contribution in [0.5, 0.6) is 0 Å². The Kier molecular flexibility index (Phi) is 5.30. The van der Waals surface area contributed by atoms with E-state index in [0.717, 1.165) is 54.0 Å². The van der Waals surface area contributed by atoms with Gasteiger partial charge in [0.05, 0.1) is 5.69 Å². The average Bonchev–Trinajstić information content (AvgIpc) is 3.06. The number of amides is 2. The highest BCUT2D eigenvalue weighted by atomic mass is 35.5. The standard InChI is InChI=1S/C21H25ClN4O/c1-14-23-19-11-13-26(21(27)25-17-4-2-3-5-17)12-10-18(19)20(24-14)15-6-8-16(22)9-7-15/h6-9,17H,2-5,10-13H2,1H3,(H,25,27). The number of nitrogens with one attached hydrogen (secondary N) is 1. The molecular weight excluding hydrogens is 360 g/mol. The largest absolute Gasteiger partial charge is 0.335 e. The summed E-state index contributed by atoms with van der Waals surface area (Å²) in [4.78, 5) is 24.0. The zero-order valence-corrected chi connectivity index (χ0v) is 16.4. The summed E-state index contributed by atoms with van der Waals surface area (Å²) in [6, 6.07) is 8.18. The van der Waals surface area contributed by atoms with E-state index in [2.05, 4.69) is 10.3 Å². The van der Waals surface area contributed by atoms with Crippen LogP contribution in [0.25, 0.3) is 11.3 Å². The van der Waals surface area contributed by atoms with Crippen molar-refractivity contribution in [1.29, 1.82) is 0 Å². The van der Waals surface area contributed by atoms with Crippen LogP contribution in [0.3, 0.4) is 0 Å².